The highest BCUT2D eigenvalue weighted by atomic mass is 32.2. The molecule has 0 spiro atoms. The third kappa shape index (κ3) is 3.55. The van der Waals surface area contributed by atoms with Gasteiger partial charge in [0.15, 0.2) is 0 Å². The maximum Gasteiger partial charge on any atom is 0.270 e. The summed E-state index contributed by atoms with van der Waals surface area (Å²) in [5, 5.41) is 5.49. The van der Waals surface area contributed by atoms with Crippen LogP contribution in [0.1, 0.15) is 49.1 Å². The number of fused-ring (bicyclic) bond motifs is 1. The molecule has 4 rings (SSSR count). The first-order chi connectivity index (χ1) is 12.8. The van der Waals surface area contributed by atoms with E-state index in [1.807, 2.05) is 13.8 Å². The van der Waals surface area contributed by atoms with Crippen LogP contribution in [0.3, 0.4) is 0 Å². The summed E-state index contributed by atoms with van der Waals surface area (Å²) in [6, 6.07) is 6.12. The van der Waals surface area contributed by atoms with Crippen molar-refractivity contribution in [2.75, 3.05) is 17.7 Å². The minimum Gasteiger partial charge on any atom is -0.375 e. The van der Waals surface area contributed by atoms with Gasteiger partial charge in [0.1, 0.15) is 11.6 Å². The number of benzene rings is 1. The van der Waals surface area contributed by atoms with Crippen LogP contribution in [0.5, 0.6) is 0 Å². The third-order valence-corrected chi connectivity index (χ3v) is 6.34. The fourth-order valence-electron chi connectivity index (χ4n) is 3.84. The van der Waals surface area contributed by atoms with Crippen molar-refractivity contribution in [2.24, 2.45) is 0 Å². The van der Waals surface area contributed by atoms with E-state index >= 15 is 0 Å². The van der Waals surface area contributed by atoms with Gasteiger partial charge in [0.2, 0.25) is 5.91 Å². The van der Waals surface area contributed by atoms with Gasteiger partial charge in [0.05, 0.1) is 28.2 Å². The van der Waals surface area contributed by atoms with Crippen molar-refractivity contribution in [3.8, 4) is 0 Å². The average Bonchev–Trinajstić information content (AvgIpc) is 2.81. The number of H-pyrrole nitrogens is 1. The molecule has 2 atom stereocenters. The van der Waals surface area contributed by atoms with Crippen molar-refractivity contribution in [1.82, 2.24) is 9.78 Å². The molecule has 2 N–H and O–H groups in total. The lowest BCUT2D eigenvalue weighted by Crippen LogP contribution is -2.36. The summed E-state index contributed by atoms with van der Waals surface area (Å²) in [5.74, 6) is 0.273. The van der Waals surface area contributed by atoms with Crippen molar-refractivity contribution in [3.05, 3.63) is 51.6 Å². The van der Waals surface area contributed by atoms with E-state index in [9.17, 15) is 14.0 Å². The lowest BCUT2D eigenvalue weighted by atomic mass is 9.94. The number of nitrogens with zero attached hydrogens (tertiary/aromatic N) is 1. The topological polar surface area (TPSA) is 76.1 Å². The number of aromatic amines is 1. The van der Waals surface area contributed by atoms with Crippen LogP contribution >= 0.6 is 11.8 Å². The molecule has 2 aliphatic rings. The Morgan fingerprint density at radius 3 is 2.70 bits per heavy atom. The van der Waals surface area contributed by atoms with E-state index in [1.165, 1.54) is 23.9 Å². The maximum atomic E-state index is 13.3. The standard InChI is InChI=1S/C19H22FN3O3S/c1-19(2)9-13(7-8-26-19)23-17-15(18(25)22-23)16(27-10-14(24)21-17)11-3-5-12(20)6-4-11/h3-6,13,16H,7-10H2,1-2H3,(H,21,24)(H,22,25)/t13-,16+/m0/s1. The average molecular weight is 391 g/mol. The predicted octanol–water partition coefficient (Wildman–Crippen LogP) is 3.22. The van der Waals surface area contributed by atoms with Crippen molar-refractivity contribution in [2.45, 2.75) is 43.6 Å². The van der Waals surface area contributed by atoms with Gasteiger partial charge in [0, 0.05) is 6.61 Å². The first-order valence-corrected chi connectivity index (χ1v) is 10.0. The molecule has 27 heavy (non-hydrogen) atoms. The number of nitrogens with one attached hydrogen (secondary N) is 2. The zero-order valence-electron chi connectivity index (χ0n) is 15.3. The molecule has 144 valence electrons. The molecule has 0 saturated carbocycles. The normalized spacial score (nSPS) is 24.8. The Labute approximate surface area is 160 Å². The molecule has 2 aromatic rings. The maximum absolute atomic E-state index is 13.3. The smallest absolute Gasteiger partial charge is 0.270 e. The Kier molecular flexibility index (Phi) is 4.63. The van der Waals surface area contributed by atoms with E-state index in [1.54, 1.807) is 16.8 Å². The molecule has 1 amide bonds. The van der Waals surface area contributed by atoms with Gasteiger partial charge in [-0.25, -0.2) is 4.39 Å². The van der Waals surface area contributed by atoms with E-state index in [0.29, 0.717) is 18.0 Å². The monoisotopic (exact) mass is 391 g/mol. The number of hydrogen-bond acceptors (Lipinski definition) is 4. The van der Waals surface area contributed by atoms with E-state index in [4.69, 9.17) is 4.74 Å². The van der Waals surface area contributed by atoms with Gasteiger partial charge in [-0.3, -0.25) is 19.4 Å². The van der Waals surface area contributed by atoms with Crippen LogP contribution in [0.15, 0.2) is 29.1 Å². The first kappa shape index (κ1) is 18.3. The number of anilines is 1. The number of ether oxygens (including phenoxy) is 1. The minimum atomic E-state index is -0.336. The highest BCUT2D eigenvalue weighted by Crippen LogP contribution is 2.42. The number of carbonyl (C=O) groups is 1. The summed E-state index contributed by atoms with van der Waals surface area (Å²) < 4.78 is 20.9. The summed E-state index contributed by atoms with van der Waals surface area (Å²) >= 11 is 1.38. The molecule has 1 saturated heterocycles. The minimum absolute atomic E-state index is 0.0301. The zero-order valence-corrected chi connectivity index (χ0v) is 16.1. The Morgan fingerprint density at radius 2 is 2.00 bits per heavy atom. The van der Waals surface area contributed by atoms with Gasteiger partial charge in [-0.2, -0.15) is 0 Å². The largest absolute Gasteiger partial charge is 0.375 e. The summed E-state index contributed by atoms with van der Waals surface area (Å²) in [7, 11) is 0. The summed E-state index contributed by atoms with van der Waals surface area (Å²) in [5.41, 5.74) is 0.798. The molecule has 1 fully saturated rings. The van der Waals surface area contributed by atoms with Crippen molar-refractivity contribution in [3.63, 3.8) is 0 Å². The molecule has 0 bridgehead atoms. The van der Waals surface area contributed by atoms with Crippen LogP contribution in [-0.4, -0.2) is 33.6 Å². The van der Waals surface area contributed by atoms with E-state index in [-0.39, 0.29) is 39.9 Å². The zero-order chi connectivity index (χ0) is 19.2. The van der Waals surface area contributed by atoms with Gasteiger partial charge in [-0.05, 0) is 44.4 Å². The van der Waals surface area contributed by atoms with Gasteiger partial charge in [0.25, 0.3) is 5.56 Å². The number of halogens is 1. The van der Waals surface area contributed by atoms with Crippen LogP contribution in [-0.2, 0) is 9.53 Å². The highest BCUT2D eigenvalue weighted by Gasteiger charge is 2.35. The fraction of sp³-hybridized carbons (Fsp3) is 0.474. The quantitative estimate of drug-likeness (QED) is 0.824. The van der Waals surface area contributed by atoms with Gasteiger partial charge >= 0.3 is 0 Å². The highest BCUT2D eigenvalue weighted by molar-refractivity contribution is 8.00. The number of amides is 1. The second-order valence-electron chi connectivity index (χ2n) is 7.62. The predicted molar refractivity (Wildman–Crippen MR) is 103 cm³/mol. The molecular formula is C19H22FN3O3S. The number of thioether (sulfide) groups is 1. The molecule has 1 aromatic carbocycles. The summed E-state index contributed by atoms with van der Waals surface area (Å²) in [4.78, 5) is 25.2. The van der Waals surface area contributed by atoms with Crippen molar-refractivity contribution in [1.29, 1.82) is 0 Å². The molecule has 0 radical (unpaired) electrons. The van der Waals surface area contributed by atoms with Crippen LogP contribution in [0.25, 0.3) is 0 Å². The molecular weight excluding hydrogens is 369 g/mol. The van der Waals surface area contributed by atoms with Crippen LogP contribution in [0.2, 0.25) is 0 Å². The van der Waals surface area contributed by atoms with E-state index < -0.39 is 0 Å². The number of carbonyl (C=O) groups excluding carboxylic acids is 1. The van der Waals surface area contributed by atoms with Gasteiger partial charge < -0.3 is 10.1 Å². The number of rotatable bonds is 2. The lowest BCUT2D eigenvalue weighted by molar-refractivity contribution is -0.113. The first-order valence-electron chi connectivity index (χ1n) is 8.99. The van der Waals surface area contributed by atoms with E-state index in [2.05, 4.69) is 10.4 Å². The van der Waals surface area contributed by atoms with Gasteiger partial charge in [-0.15, -0.1) is 11.8 Å². The SMILES string of the molecule is CC1(C)C[C@@H](n2[nH]c(=O)c3c2NC(=O)CS[C@@H]3c2ccc(F)cc2)CCO1. The number of aromatic nitrogens is 2. The second kappa shape index (κ2) is 6.83. The molecule has 0 unspecified atom stereocenters. The lowest BCUT2D eigenvalue weighted by Gasteiger charge is -2.36. The van der Waals surface area contributed by atoms with Crippen molar-refractivity contribution >= 4 is 23.5 Å². The Hall–Kier alpha value is -2.06. The summed E-state index contributed by atoms with van der Waals surface area (Å²) in [6.45, 7) is 4.64. The molecule has 6 nitrogen and oxygen atoms in total. The van der Waals surface area contributed by atoms with Crippen LogP contribution in [0, 0.1) is 5.82 Å². The van der Waals surface area contributed by atoms with Gasteiger partial charge in [-0.1, -0.05) is 12.1 Å². The third-order valence-electron chi connectivity index (χ3n) is 5.07. The summed E-state index contributed by atoms with van der Waals surface area (Å²) in [6.07, 6.45) is 1.49. The Morgan fingerprint density at radius 1 is 1.26 bits per heavy atom. The van der Waals surface area contributed by atoms with Crippen molar-refractivity contribution < 1.29 is 13.9 Å². The van der Waals surface area contributed by atoms with Crippen LogP contribution in [0.4, 0.5) is 10.2 Å². The molecule has 0 aliphatic carbocycles. The fourth-order valence-corrected chi connectivity index (χ4v) is 4.96. The number of hydrogen-bond donors (Lipinski definition) is 2. The Bertz CT molecular complexity index is 919. The van der Waals surface area contributed by atoms with E-state index in [0.717, 1.165) is 18.4 Å². The Balaban J connectivity index is 1.80. The molecule has 1 aromatic heterocycles. The molecule has 3 heterocycles. The second-order valence-corrected chi connectivity index (χ2v) is 8.71. The van der Waals surface area contributed by atoms with Crippen LogP contribution < -0.4 is 10.9 Å². The molecule has 2 aliphatic heterocycles. The molecule has 8 heteroatoms.